The van der Waals surface area contributed by atoms with Crippen LogP contribution in [0.15, 0.2) is 24.3 Å². The van der Waals surface area contributed by atoms with Gasteiger partial charge in [-0.3, -0.25) is 9.69 Å². The number of hydrogen-bond donors (Lipinski definition) is 0. The summed E-state index contributed by atoms with van der Waals surface area (Å²) in [4.78, 5) is 28.1. The van der Waals surface area contributed by atoms with E-state index in [1.165, 1.54) is 25.7 Å². The van der Waals surface area contributed by atoms with Crippen LogP contribution in [0.1, 0.15) is 36.0 Å². The molecule has 2 aliphatic heterocycles. The SMILES string of the molecule is O=C(c1cccc(N2CCOC2=O)c1)N1CC2CCCCC2C1. The number of amides is 2. The number of fused-ring (bicyclic) bond motifs is 1. The molecule has 0 radical (unpaired) electrons. The standard InChI is InChI=1S/C18H22N2O3/c21-17(19-11-14-4-1-2-5-15(14)12-19)13-6-3-7-16(10-13)20-8-9-23-18(20)22/h3,6-7,10,14-15H,1-2,4-5,8-9,11-12H2. The fraction of sp³-hybridized carbons (Fsp3) is 0.556. The summed E-state index contributed by atoms with van der Waals surface area (Å²) in [5.41, 5.74) is 1.41. The van der Waals surface area contributed by atoms with Crippen molar-refractivity contribution in [2.24, 2.45) is 11.8 Å². The van der Waals surface area contributed by atoms with Gasteiger partial charge in [0.15, 0.2) is 0 Å². The summed E-state index contributed by atoms with van der Waals surface area (Å²) in [6.45, 7) is 2.73. The number of rotatable bonds is 2. The highest BCUT2D eigenvalue weighted by atomic mass is 16.6. The Balaban J connectivity index is 1.51. The van der Waals surface area contributed by atoms with Gasteiger partial charge in [-0.05, 0) is 42.9 Å². The van der Waals surface area contributed by atoms with Crippen molar-refractivity contribution in [3.63, 3.8) is 0 Å². The van der Waals surface area contributed by atoms with E-state index >= 15 is 0 Å². The van der Waals surface area contributed by atoms with Gasteiger partial charge in [0.05, 0.1) is 6.54 Å². The Morgan fingerprint density at radius 2 is 1.87 bits per heavy atom. The lowest BCUT2D eigenvalue weighted by Gasteiger charge is -2.22. The number of anilines is 1. The highest BCUT2D eigenvalue weighted by Gasteiger charge is 2.36. The largest absolute Gasteiger partial charge is 0.447 e. The second-order valence-corrected chi connectivity index (χ2v) is 6.83. The molecule has 5 nitrogen and oxygen atoms in total. The van der Waals surface area contributed by atoms with E-state index < -0.39 is 0 Å². The van der Waals surface area contributed by atoms with Crippen LogP contribution in [0.4, 0.5) is 10.5 Å². The maximum absolute atomic E-state index is 12.8. The van der Waals surface area contributed by atoms with Crippen molar-refractivity contribution < 1.29 is 14.3 Å². The summed E-state index contributed by atoms with van der Waals surface area (Å²) < 4.78 is 4.98. The van der Waals surface area contributed by atoms with E-state index in [0.29, 0.717) is 30.6 Å². The van der Waals surface area contributed by atoms with Gasteiger partial charge in [-0.1, -0.05) is 18.9 Å². The Bertz CT molecular complexity index is 616. The Labute approximate surface area is 136 Å². The molecule has 3 aliphatic rings. The van der Waals surface area contributed by atoms with Crippen LogP contribution in [-0.2, 0) is 4.74 Å². The van der Waals surface area contributed by atoms with Crippen molar-refractivity contribution in [2.45, 2.75) is 25.7 Å². The van der Waals surface area contributed by atoms with E-state index in [1.54, 1.807) is 4.90 Å². The fourth-order valence-corrected chi connectivity index (χ4v) is 4.19. The van der Waals surface area contributed by atoms with Crippen LogP contribution in [0.25, 0.3) is 0 Å². The number of carbonyl (C=O) groups is 2. The average molecular weight is 314 g/mol. The van der Waals surface area contributed by atoms with Gasteiger partial charge in [0.1, 0.15) is 6.61 Å². The van der Waals surface area contributed by atoms with Gasteiger partial charge in [0.2, 0.25) is 0 Å². The predicted octanol–water partition coefficient (Wildman–Crippen LogP) is 2.91. The molecule has 4 rings (SSSR count). The maximum atomic E-state index is 12.8. The van der Waals surface area contributed by atoms with Crippen molar-refractivity contribution in [2.75, 3.05) is 31.1 Å². The first-order chi connectivity index (χ1) is 11.2. The number of hydrogen-bond acceptors (Lipinski definition) is 3. The summed E-state index contributed by atoms with van der Waals surface area (Å²) in [6.07, 6.45) is 4.79. The average Bonchev–Trinajstić information content (AvgIpc) is 3.20. The summed E-state index contributed by atoms with van der Waals surface area (Å²) in [6, 6.07) is 7.36. The minimum atomic E-state index is -0.332. The monoisotopic (exact) mass is 314 g/mol. The molecule has 1 saturated carbocycles. The van der Waals surface area contributed by atoms with Crippen molar-refractivity contribution in [3.05, 3.63) is 29.8 Å². The molecule has 122 valence electrons. The molecule has 0 spiro atoms. The zero-order valence-corrected chi connectivity index (χ0v) is 13.2. The third kappa shape index (κ3) is 2.69. The second kappa shape index (κ2) is 5.87. The lowest BCUT2D eigenvalue weighted by molar-refractivity contribution is 0.0784. The topological polar surface area (TPSA) is 49.9 Å². The number of nitrogens with zero attached hydrogens (tertiary/aromatic N) is 2. The van der Waals surface area contributed by atoms with E-state index in [1.807, 2.05) is 29.2 Å². The number of likely N-dealkylation sites (tertiary alicyclic amines) is 1. The highest BCUT2D eigenvalue weighted by Crippen LogP contribution is 2.36. The second-order valence-electron chi connectivity index (χ2n) is 6.83. The molecule has 0 aromatic heterocycles. The van der Waals surface area contributed by atoms with Crippen molar-refractivity contribution >= 4 is 17.7 Å². The molecule has 3 fully saturated rings. The van der Waals surface area contributed by atoms with Crippen LogP contribution in [0.3, 0.4) is 0 Å². The zero-order valence-electron chi connectivity index (χ0n) is 13.2. The van der Waals surface area contributed by atoms with Crippen LogP contribution in [0.5, 0.6) is 0 Å². The summed E-state index contributed by atoms with van der Waals surface area (Å²) >= 11 is 0. The maximum Gasteiger partial charge on any atom is 0.414 e. The normalized spacial score (nSPS) is 27.0. The van der Waals surface area contributed by atoms with Gasteiger partial charge in [0.25, 0.3) is 5.91 Å². The minimum Gasteiger partial charge on any atom is -0.447 e. The van der Waals surface area contributed by atoms with Crippen molar-refractivity contribution in [1.29, 1.82) is 0 Å². The van der Waals surface area contributed by atoms with Gasteiger partial charge in [0, 0.05) is 24.3 Å². The summed E-state index contributed by atoms with van der Waals surface area (Å²) in [5, 5.41) is 0. The molecule has 1 aromatic rings. The Morgan fingerprint density at radius 3 is 2.52 bits per heavy atom. The third-order valence-corrected chi connectivity index (χ3v) is 5.43. The number of carbonyl (C=O) groups excluding carboxylic acids is 2. The van der Waals surface area contributed by atoms with Gasteiger partial charge in [-0.2, -0.15) is 0 Å². The fourth-order valence-electron chi connectivity index (χ4n) is 4.19. The minimum absolute atomic E-state index is 0.0915. The van der Waals surface area contributed by atoms with Crippen LogP contribution in [0.2, 0.25) is 0 Å². The number of benzene rings is 1. The van der Waals surface area contributed by atoms with Crippen LogP contribution in [-0.4, -0.2) is 43.1 Å². The number of cyclic esters (lactones) is 1. The highest BCUT2D eigenvalue weighted by molar-refractivity contribution is 5.97. The van der Waals surface area contributed by atoms with E-state index in [2.05, 4.69) is 0 Å². The van der Waals surface area contributed by atoms with Crippen LogP contribution >= 0.6 is 0 Å². The molecule has 2 saturated heterocycles. The third-order valence-electron chi connectivity index (χ3n) is 5.43. The van der Waals surface area contributed by atoms with E-state index in [0.717, 1.165) is 18.8 Å². The van der Waals surface area contributed by atoms with Gasteiger partial charge in [-0.25, -0.2) is 4.79 Å². The molecule has 23 heavy (non-hydrogen) atoms. The van der Waals surface area contributed by atoms with E-state index in [4.69, 9.17) is 4.74 Å². The van der Waals surface area contributed by atoms with Crippen molar-refractivity contribution in [1.82, 2.24) is 4.90 Å². The first-order valence-corrected chi connectivity index (χ1v) is 8.56. The molecule has 0 N–H and O–H groups in total. The Morgan fingerprint density at radius 1 is 1.13 bits per heavy atom. The van der Waals surface area contributed by atoms with Crippen LogP contribution < -0.4 is 4.90 Å². The molecule has 2 atom stereocenters. The molecule has 5 heteroatoms. The number of ether oxygens (including phenoxy) is 1. The lowest BCUT2D eigenvalue weighted by Crippen LogP contribution is -2.29. The van der Waals surface area contributed by atoms with Crippen molar-refractivity contribution in [3.8, 4) is 0 Å². The molecular formula is C18H22N2O3. The molecule has 2 unspecified atom stereocenters. The van der Waals surface area contributed by atoms with Gasteiger partial charge >= 0.3 is 6.09 Å². The molecule has 1 aromatic carbocycles. The Kier molecular flexibility index (Phi) is 3.71. The molecule has 2 heterocycles. The predicted molar refractivity (Wildman–Crippen MR) is 86.5 cm³/mol. The lowest BCUT2D eigenvalue weighted by atomic mass is 9.82. The van der Waals surface area contributed by atoms with Gasteiger partial charge < -0.3 is 9.64 Å². The molecule has 0 bridgehead atoms. The van der Waals surface area contributed by atoms with E-state index in [9.17, 15) is 9.59 Å². The Hall–Kier alpha value is -2.04. The molecule has 2 amide bonds. The zero-order chi connectivity index (χ0) is 15.8. The summed E-state index contributed by atoms with van der Waals surface area (Å²) in [5.74, 6) is 1.46. The van der Waals surface area contributed by atoms with Gasteiger partial charge in [-0.15, -0.1) is 0 Å². The van der Waals surface area contributed by atoms with E-state index in [-0.39, 0.29) is 12.0 Å². The molecule has 1 aliphatic carbocycles. The quantitative estimate of drug-likeness (QED) is 0.843. The summed E-state index contributed by atoms with van der Waals surface area (Å²) in [7, 11) is 0. The first-order valence-electron chi connectivity index (χ1n) is 8.56. The molecular weight excluding hydrogens is 292 g/mol. The first kappa shape index (κ1) is 14.5. The van der Waals surface area contributed by atoms with Crippen LogP contribution in [0, 0.1) is 11.8 Å². The smallest absolute Gasteiger partial charge is 0.414 e.